The summed E-state index contributed by atoms with van der Waals surface area (Å²) >= 11 is 0. The van der Waals surface area contributed by atoms with Gasteiger partial charge in [0.25, 0.3) is 0 Å². The van der Waals surface area contributed by atoms with Crippen LogP contribution in [-0.4, -0.2) is 18.0 Å². The van der Waals surface area contributed by atoms with E-state index in [9.17, 15) is 4.79 Å². The van der Waals surface area contributed by atoms with E-state index in [-0.39, 0.29) is 29.8 Å². The van der Waals surface area contributed by atoms with Crippen LogP contribution in [0.15, 0.2) is 0 Å². The maximum atomic E-state index is 12.3. The average Bonchev–Trinajstić information content (AvgIpc) is 2.36. The van der Waals surface area contributed by atoms with Crippen molar-refractivity contribution < 1.29 is 4.79 Å². The largest absolute Gasteiger partial charge is 0.354 e. The second-order valence-corrected chi connectivity index (χ2v) is 6.93. The van der Waals surface area contributed by atoms with Gasteiger partial charge in [0.05, 0.1) is 0 Å². The molecule has 1 amide bonds. The summed E-state index contributed by atoms with van der Waals surface area (Å²) in [4.78, 5) is 12.3. The number of amides is 1. The third-order valence-corrected chi connectivity index (χ3v) is 4.07. The minimum Gasteiger partial charge on any atom is -0.354 e. The van der Waals surface area contributed by atoms with Crippen LogP contribution in [0.1, 0.15) is 72.1 Å². The number of carbonyl (C=O) groups is 1. The molecular weight excluding hydrogens is 272 g/mol. The lowest BCUT2D eigenvalue weighted by atomic mass is 9.81. The van der Waals surface area contributed by atoms with Crippen LogP contribution in [0.3, 0.4) is 0 Å². The first-order valence-electron chi connectivity index (χ1n) is 7.99. The number of hydrogen-bond acceptors (Lipinski definition) is 2. The number of nitrogens with two attached hydrogens (primary N) is 1. The zero-order valence-corrected chi connectivity index (χ0v) is 14.2. The molecule has 0 spiro atoms. The van der Waals surface area contributed by atoms with Crippen molar-refractivity contribution in [3.05, 3.63) is 0 Å². The second kappa shape index (κ2) is 9.62. The summed E-state index contributed by atoms with van der Waals surface area (Å²) in [5.74, 6) is 1.17. The molecule has 0 aliphatic heterocycles. The molecule has 0 heterocycles. The molecule has 1 aliphatic rings. The van der Waals surface area contributed by atoms with Crippen molar-refractivity contribution in [2.24, 2.45) is 17.6 Å². The Bertz CT molecular complexity index is 270. The van der Waals surface area contributed by atoms with Gasteiger partial charge in [-0.2, -0.15) is 0 Å². The van der Waals surface area contributed by atoms with Gasteiger partial charge in [-0.05, 0) is 32.6 Å². The Balaban J connectivity index is 0.00000361. The summed E-state index contributed by atoms with van der Waals surface area (Å²) in [5.41, 5.74) is 5.61. The normalized spacial score (nSPS) is 18.2. The van der Waals surface area contributed by atoms with Gasteiger partial charge in [-0.25, -0.2) is 0 Å². The van der Waals surface area contributed by atoms with Crippen LogP contribution in [-0.2, 0) is 4.79 Å². The van der Waals surface area contributed by atoms with Gasteiger partial charge in [-0.1, -0.05) is 45.4 Å². The van der Waals surface area contributed by atoms with Crippen LogP contribution in [0.4, 0.5) is 0 Å². The molecule has 20 heavy (non-hydrogen) atoms. The van der Waals surface area contributed by atoms with Gasteiger partial charge in [0.15, 0.2) is 0 Å². The molecule has 0 bridgehead atoms. The molecule has 0 aromatic carbocycles. The third kappa shape index (κ3) is 8.11. The molecule has 0 aromatic heterocycles. The number of nitrogens with one attached hydrogen (secondary N) is 1. The Morgan fingerprint density at radius 1 is 1.30 bits per heavy atom. The monoisotopic (exact) mass is 304 g/mol. The molecule has 1 unspecified atom stereocenters. The maximum Gasteiger partial charge on any atom is 0.223 e. The van der Waals surface area contributed by atoms with Crippen LogP contribution < -0.4 is 11.1 Å². The van der Waals surface area contributed by atoms with Crippen LogP contribution in [0.2, 0.25) is 0 Å². The fourth-order valence-electron chi connectivity index (χ4n) is 2.99. The SMILES string of the molecule is CCCC(CC1CCCCC1)C(=O)NCC(C)(C)N.Cl. The molecule has 3 N–H and O–H groups in total. The van der Waals surface area contributed by atoms with Crippen molar-refractivity contribution in [2.45, 2.75) is 77.7 Å². The Morgan fingerprint density at radius 2 is 1.90 bits per heavy atom. The van der Waals surface area contributed by atoms with E-state index in [4.69, 9.17) is 5.73 Å². The molecule has 3 nitrogen and oxygen atoms in total. The summed E-state index contributed by atoms with van der Waals surface area (Å²) in [7, 11) is 0. The molecule has 1 fully saturated rings. The molecule has 4 heteroatoms. The quantitative estimate of drug-likeness (QED) is 0.754. The van der Waals surface area contributed by atoms with Gasteiger partial charge in [-0.3, -0.25) is 4.79 Å². The van der Waals surface area contributed by atoms with Gasteiger partial charge in [0.1, 0.15) is 0 Å². The van der Waals surface area contributed by atoms with Crippen molar-refractivity contribution in [3.8, 4) is 0 Å². The number of hydrogen-bond donors (Lipinski definition) is 2. The molecular formula is C16H33ClN2O. The highest BCUT2D eigenvalue weighted by molar-refractivity contribution is 5.85. The lowest BCUT2D eigenvalue weighted by Gasteiger charge is -2.27. The lowest BCUT2D eigenvalue weighted by molar-refractivity contribution is -0.126. The van der Waals surface area contributed by atoms with Crippen LogP contribution >= 0.6 is 12.4 Å². The Labute approximate surface area is 130 Å². The molecule has 1 rings (SSSR count). The topological polar surface area (TPSA) is 55.1 Å². The molecule has 1 saturated carbocycles. The summed E-state index contributed by atoms with van der Waals surface area (Å²) < 4.78 is 0. The highest BCUT2D eigenvalue weighted by Gasteiger charge is 2.24. The van der Waals surface area contributed by atoms with E-state index in [0.717, 1.165) is 25.2 Å². The summed E-state index contributed by atoms with van der Waals surface area (Å²) in [6.45, 7) is 6.62. The highest BCUT2D eigenvalue weighted by Crippen LogP contribution is 2.30. The molecule has 120 valence electrons. The number of rotatable bonds is 7. The predicted molar refractivity (Wildman–Crippen MR) is 88.1 cm³/mol. The Morgan fingerprint density at radius 3 is 2.40 bits per heavy atom. The summed E-state index contributed by atoms with van der Waals surface area (Å²) in [6.07, 6.45) is 9.87. The van der Waals surface area contributed by atoms with Gasteiger partial charge < -0.3 is 11.1 Å². The van der Waals surface area contributed by atoms with Crippen molar-refractivity contribution >= 4 is 18.3 Å². The fourth-order valence-corrected chi connectivity index (χ4v) is 2.99. The van der Waals surface area contributed by atoms with E-state index in [0.29, 0.717) is 6.54 Å². The number of halogens is 1. The zero-order valence-electron chi connectivity index (χ0n) is 13.4. The lowest BCUT2D eigenvalue weighted by Crippen LogP contribution is -2.46. The third-order valence-electron chi connectivity index (χ3n) is 4.07. The van der Waals surface area contributed by atoms with Crippen molar-refractivity contribution in [2.75, 3.05) is 6.54 Å². The minimum absolute atomic E-state index is 0. The number of carbonyl (C=O) groups excluding carboxylic acids is 1. The molecule has 0 saturated heterocycles. The van der Waals surface area contributed by atoms with Gasteiger partial charge >= 0.3 is 0 Å². The molecule has 0 aromatic rings. The van der Waals surface area contributed by atoms with Crippen LogP contribution in [0, 0.1) is 11.8 Å². The summed E-state index contributed by atoms with van der Waals surface area (Å²) in [6, 6.07) is 0. The van der Waals surface area contributed by atoms with E-state index < -0.39 is 0 Å². The summed E-state index contributed by atoms with van der Waals surface area (Å²) in [5, 5.41) is 3.03. The highest BCUT2D eigenvalue weighted by atomic mass is 35.5. The first-order chi connectivity index (χ1) is 8.92. The predicted octanol–water partition coefficient (Wildman–Crippen LogP) is 3.65. The first kappa shape index (κ1) is 19.7. The second-order valence-electron chi connectivity index (χ2n) is 6.93. The fraction of sp³-hybridized carbons (Fsp3) is 0.938. The van der Waals surface area contributed by atoms with Gasteiger partial charge in [0, 0.05) is 18.0 Å². The van der Waals surface area contributed by atoms with Gasteiger partial charge in [-0.15, -0.1) is 12.4 Å². The maximum absolute atomic E-state index is 12.3. The van der Waals surface area contributed by atoms with Crippen molar-refractivity contribution in [1.82, 2.24) is 5.32 Å². The molecule has 0 radical (unpaired) electrons. The average molecular weight is 305 g/mol. The smallest absolute Gasteiger partial charge is 0.223 e. The van der Waals surface area contributed by atoms with E-state index in [1.165, 1.54) is 32.1 Å². The van der Waals surface area contributed by atoms with E-state index in [1.807, 2.05) is 13.8 Å². The van der Waals surface area contributed by atoms with E-state index >= 15 is 0 Å². The van der Waals surface area contributed by atoms with Crippen molar-refractivity contribution in [3.63, 3.8) is 0 Å². The van der Waals surface area contributed by atoms with Gasteiger partial charge in [0.2, 0.25) is 5.91 Å². The van der Waals surface area contributed by atoms with Crippen LogP contribution in [0.5, 0.6) is 0 Å². The Kier molecular flexibility index (Phi) is 9.48. The van der Waals surface area contributed by atoms with E-state index in [1.54, 1.807) is 0 Å². The zero-order chi connectivity index (χ0) is 14.3. The van der Waals surface area contributed by atoms with Crippen LogP contribution in [0.25, 0.3) is 0 Å². The van der Waals surface area contributed by atoms with Crippen molar-refractivity contribution in [1.29, 1.82) is 0 Å². The standard InChI is InChI=1S/C16H32N2O.ClH/c1-4-8-14(11-13-9-6-5-7-10-13)15(19)18-12-16(2,3)17;/h13-14H,4-12,17H2,1-3H3,(H,18,19);1H. The minimum atomic E-state index is -0.322. The first-order valence-corrected chi connectivity index (χ1v) is 7.99. The molecule has 1 aliphatic carbocycles. The molecule has 1 atom stereocenters. The van der Waals surface area contributed by atoms with E-state index in [2.05, 4.69) is 12.2 Å². The Hall–Kier alpha value is -0.280.